The van der Waals surface area contributed by atoms with Crippen LogP contribution in [0.2, 0.25) is 5.15 Å². The second kappa shape index (κ2) is 11.0. The molecule has 2 aromatic carbocycles. The molecular weight excluding hydrogens is 513 g/mol. The van der Waals surface area contributed by atoms with E-state index in [0.717, 1.165) is 42.6 Å². The number of aromatic nitrogens is 3. The van der Waals surface area contributed by atoms with Crippen LogP contribution in [0.4, 0.5) is 9.18 Å². The molecule has 2 aliphatic rings. The van der Waals surface area contributed by atoms with E-state index in [4.69, 9.17) is 11.6 Å². The van der Waals surface area contributed by atoms with Crippen LogP contribution in [-0.2, 0) is 13.0 Å². The van der Waals surface area contributed by atoms with Crippen LogP contribution in [0.15, 0.2) is 84.6 Å². The summed E-state index contributed by atoms with van der Waals surface area (Å²) in [6.45, 7) is 0.299. The number of carbonyl (C=O) groups excluding carboxylic acids is 1. The highest BCUT2D eigenvalue weighted by Crippen LogP contribution is 2.46. The number of carbonyl (C=O) groups is 1. The molecule has 0 aliphatic heterocycles. The number of nitrogens with zero attached hydrogens (tertiary/aromatic N) is 3. The molecule has 2 aliphatic carbocycles. The van der Waals surface area contributed by atoms with E-state index in [0.29, 0.717) is 29.2 Å². The topological polar surface area (TPSA) is 71.8 Å². The van der Waals surface area contributed by atoms with Crippen molar-refractivity contribution in [1.82, 2.24) is 25.4 Å². The van der Waals surface area contributed by atoms with Gasteiger partial charge < -0.3 is 10.6 Å². The summed E-state index contributed by atoms with van der Waals surface area (Å²) in [7, 11) is 0. The predicted octanol–water partition coefficient (Wildman–Crippen LogP) is 6.66. The van der Waals surface area contributed by atoms with Crippen molar-refractivity contribution in [3.05, 3.63) is 118 Å². The Kier molecular flexibility index (Phi) is 7.16. The van der Waals surface area contributed by atoms with Gasteiger partial charge in [0.2, 0.25) is 0 Å². The lowest BCUT2D eigenvalue weighted by Crippen LogP contribution is -2.38. The maximum Gasteiger partial charge on any atom is 0.315 e. The predicted molar refractivity (Wildman–Crippen MR) is 150 cm³/mol. The first kappa shape index (κ1) is 25.3. The van der Waals surface area contributed by atoms with Gasteiger partial charge in [-0.25, -0.2) is 18.9 Å². The highest BCUT2D eigenvalue weighted by Gasteiger charge is 2.37. The Hall–Kier alpha value is -3.97. The molecule has 3 unspecified atom stereocenters. The standard InChI is InChI=1S/C31H29ClFN5O/c32-30-8-4-7-25(36-30)19-34-31(39)37-28(20-5-2-1-3-6-20)16-21-9-10-22-17-29-23(15-27(21)22)18-35-38(29)26-13-11-24(33)12-14-26/h1-8,11-14,17-18,21,27-28H,9-10,15-16,19H2,(H2,34,37,39). The maximum atomic E-state index is 13.4. The first-order valence-corrected chi connectivity index (χ1v) is 13.7. The Morgan fingerprint density at radius 1 is 1.08 bits per heavy atom. The molecule has 0 spiro atoms. The van der Waals surface area contributed by atoms with Gasteiger partial charge in [0.1, 0.15) is 11.0 Å². The van der Waals surface area contributed by atoms with Crippen LogP contribution < -0.4 is 10.6 Å². The zero-order valence-electron chi connectivity index (χ0n) is 21.4. The lowest BCUT2D eigenvalue weighted by atomic mass is 9.80. The smallest absolute Gasteiger partial charge is 0.315 e. The van der Waals surface area contributed by atoms with E-state index in [2.05, 4.69) is 38.9 Å². The van der Waals surface area contributed by atoms with Crippen molar-refractivity contribution in [2.45, 2.75) is 38.3 Å². The Balaban J connectivity index is 1.17. The summed E-state index contributed by atoms with van der Waals surface area (Å²) in [5.41, 5.74) is 6.37. The van der Waals surface area contributed by atoms with Crippen LogP contribution in [0, 0.1) is 17.7 Å². The van der Waals surface area contributed by atoms with Crippen molar-refractivity contribution in [1.29, 1.82) is 0 Å². The Morgan fingerprint density at radius 3 is 2.69 bits per heavy atom. The Labute approximate surface area is 231 Å². The second-order valence-electron chi connectivity index (χ2n) is 10.2. The van der Waals surface area contributed by atoms with Crippen LogP contribution >= 0.6 is 11.6 Å². The third-order valence-corrected chi connectivity index (χ3v) is 8.03. The van der Waals surface area contributed by atoms with Gasteiger partial charge in [0.25, 0.3) is 0 Å². The normalized spacial score (nSPS) is 18.6. The number of benzene rings is 2. The Bertz CT molecular complexity index is 1500. The number of amides is 2. The average Bonchev–Trinajstić information content (AvgIpc) is 3.55. The zero-order valence-corrected chi connectivity index (χ0v) is 22.1. The molecule has 6 nitrogen and oxygen atoms in total. The fourth-order valence-corrected chi connectivity index (χ4v) is 6.08. The van der Waals surface area contributed by atoms with E-state index in [9.17, 15) is 9.18 Å². The molecule has 0 saturated heterocycles. The largest absolute Gasteiger partial charge is 0.332 e. The SMILES string of the molecule is O=C(NCc1cccc(Cl)n1)NC(CC1CCC2=Cc3c(cnn3-c3ccc(F)cc3)CC21)c1ccccc1. The molecular formula is C31H29ClFN5O. The molecule has 0 bridgehead atoms. The monoisotopic (exact) mass is 541 g/mol. The molecule has 2 aromatic heterocycles. The molecule has 1 fully saturated rings. The van der Waals surface area contributed by atoms with Gasteiger partial charge in [-0.15, -0.1) is 0 Å². The van der Waals surface area contributed by atoms with Gasteiger partial charge in [0.15, 0.2) is 0 Å². The van der Waals surface area contributed by atoms with Gasteiger partial charge >= 0.3 is 6.03 Å². The van der Waals surface area contributed by atoms with Crippen molar-refractivity contribution in [3.8, 4) is 5.69 Å². The summed E-state index contributed by atoms with van der Waals surface area (Å²) < 4.78 is 15.4. The first-order chi connectivity index (χ1) is 19.0. The molecule has 0 radical (unpaired) electrons. The number of hydrogen-bond acceptors (Lipinski definition) is 3. The lowest BCUT2D eigenvalue weighted by molar-refractivity contribution is 0.232. The number of rotatable bonds is 7. The second-order valence-corrected chi connectivity index (χ2v) is 10.6. The third kappa shape index (κ3) is 5.59. The minimum absolute atomic E-state index is 0.119. The van der Waals surface area contributed by atoms with Crippen LogP contribution in [0.5, 0.6) is 0 Å². The molecule has 6 rings (SSSR count). The highest BCUT2D eigenvalue weighted by atomic mass is 35.5. The van der Waals surface area contributed by atoms with Gasteiger partial charge in [-0.2, -0.15) is 5.10 Å². The van der Waals surface area contributed by atoms with Crippen molar-refractivity contribution in [2.24, 2.45) is 11.8 Å². The molecule has 2 N–H and O–H groups in total. The van der Waals surface area contributed by atoms with Crippen molar-refractivity contribution < 1.29 is 9.18 Å². The van der Waals surface area contributed by atoms with E-state index in [1.807, 2.05) is 41.2 Å². The summed E-state index contributed by atoms with van der Waals surface area (Å²) in [6.07, 6.45) is 8.07. The minimum atomic E-state index is -0.256. The van der Waals surface area contributed by atoms with Gasteiger partial charge in [0, 0.05) is 0 Å². The summed E-state index contributed by atoms with van der Waals surface area (Å²) in [5, 5.41) is 11.2. The maximum absolute atomic E-state index is 13.4. The summed E-state index contributed by atoms with van der Waals surface area (Å²) >= 11 is 5.98. The number of hydrogen-bond donors (Lipinski definition) is 2. The van der Waals surface area contributed by atoms with Crippen molar-refractivity contribution in [2.75, 3.05) is 0 Å². The van der Waals surface area contributed by atoms with Crippen LogP contribution in [-0.4, -0.2) is 20.8 Å². The lowest BCUT2D eigenvalue weighted by Gasteiger charge is -2.28. The summed E-state index contributed by atoms with van der Waals surface area (Å²) in [6, 6.07) is 21.6. The number of fused-ring (bicyclic) bond motifs is 2. The first-order valence-electron chi connectivity index (χ1n) is 13.3. The average molecular weight is 542 g/mol. The number of allylic oxidation sites excluding steroid dienone is 1. The van der Waals surface area contributed by atoms with Gasteiger partial charge in [-0.3, -0.25) is 0 Å². The van der Waals surface area contributed by atoms with E-state index >= 15 is 0 Å². The molecule has 4 aromatic rings. The quantitative estimate of drug-likeness (QED) is 0.257. The van der Waals surface area contributed by atoms with Crippen molar-refractivity contribution >= 4 is 23.7 Å². The molecule has 39 heavy (non-hydrogen) atoms. The fraction of sp³-hybridized carbons (Fsp3) is 0.258. The molecule has 2 heterocycles. The minimum Gasteiger partial charge on any atom is -0.332 e. The number of urea groups is 1. The molecule has 3 atom stereocenters. The van der Waals surface area contributed by atoms with E-state index in [-0.39, 0.29) is 17.9 Å². The summed E-state index contributed by atoms with van der Waals surface area (Å²) in [4.78, 5) is 17.2. The zero-order chi connectivity index (χ0) is 26.8. The molecule has 8 heteroatoms. The van der Waals surface area contributed by atoms with Crippen LogP contribution in [0.3, 0.4) is 0 Å². The van der Waals surface area contributed by atoms with Crippen molar-refractivity contribution in [3.63, 3.8) is 0 Å². The van der Waals surface area contributed by atoms with E-state index in [1.165, 1.54) is 23.3 Å². The van der Waals surface area contributed by atoms with E-state index in [1.54, 1.807) is 18.2 Å². The van der Waals surface area contributed by atoms with Crippen LogP contribution in [0.25, 0.3) is 11.8 Å². The van der Waals surface area contributed by atoms with Crippen LogP contribution in [0.1, 0.15) is 47.8 Å². The number of pyridine rings is 1. The van der Waals surface area contributed by atoms with E-state index < -0.39 is 0 Å². The van der Waals surface area contributed by atoms with Gasteiger partial charge in [-0.1, -0.05) is 53.6 Å². The van der Waals surface area contributed by atoms with Gasteiger partial charge in [0.05, 0.1) is 35.9 Å². The molecule has 198 valence electrons. The fourth-order valence-electron chi connectivity index (χ4n) is 5.90. The number of halogens is 2. The molecule has 2 amide bonds. The summed E-state index contributed by atoms with van der Waals surface area (Å²) in [5.74, 6) is 0.585. The number of nitrogens with one attached hydrogen (secondary N) is 2. The molecule has 1 saturated carbocycles. The van der Waals surface area contributed by atoms with Gasteiger partial charge in [-0.05, 0) is 91.1 Å². The third-order valence-electron chi connectivity index (χ3n) is 7.82. The Morgan fingerprint density at radius 2 is 1.90 bits per heavy atom. The highest BCUT2D eigenvalue weighted by molar-refractivity contribution is 6.29.